The number of para-hydroxylation sites is 2. The van der Waals surface area contributed by atoms with Gasteiger partial charge in [-0.2, -0.15) is 0 Å². The standard InChI is InChI=1S/C19H27N3O2/c1-3-21-16-10-6-7-11-17(16)22(19(21)24)13-12-18(23)20-15-9-5-4-8-14(15)2/h6-7,10-11,14-15H,3-5,8-9,12-13H2,1-2H3,(H,20,23). The molecule has 130 valence electrons. The minimum atomic E-state index is -0.0301. The summed E-state index contributed by atoms with van der Waals surface area (Å²) in [5.41, 5.74) is 1.81. The van der Waals surface area contributed by atoms with Gasteiger partial charge in [0.25, 0.3) is 0 Å². The van der Waals surface area contributed by atoms with Gasteiger partial charge in [-0.1, -0.05) is 31.9 Å². The van der Waals surface area contributed by atoms with Crippen molar-refractivity contribution in [3.05, 3.63) is 34.7 Å². The van der Waals surface area contributed by atoms with Gasteiger partial charge >= 0.3 is 5.69 Å². The second-order valence-corrected chi connectivity index (χ2v) is 6.85. The van der Waals surface area contributed by atoms with Gasteiger partial charge in [0.15, 0.2) is 0 Å². The molecule has 1 aromatic heterocycles. The van der Waals surface area contributed by atoms with Crippen molar-refractivity contribution in [3.8, 4) is 0 Å². The monoisotopic (exact) mass is 329 g/mol. The average molecular weight is 329 g/mol. The first-order chi connectivity index (χ1) is 11.6. The zero-order valence-electron chi connectivity index (χ0n) is 14.6. The number of carbonyl (C=O) groups is 1. The molecule has 5 nitrogen and oxygen atoms in total. The lowest BCUT2D eigenvalue weighted by atomic mass is 9.86. The highest BCUT2D eigenvalue weighted by atomic mass is 16.2. The summed E-state index contributed by atoms with van der Waals surface area (Å²) in [7, 11) is 0. The maximum atomic E-state index is 12.6. The predicted molar refractivity (Wildman–Crippen MR) is 96.1 cm³/mol. The van der Waals surface area contributed by atoms with Crippen LogP contribution < -0.4 is 11.0 Å². The van der Waals surface area contributed by atoms with Crippen molar-refractivity contribution in [2.24, 2.45) is 5.92 Å². The Bertz CT molecular complexity index is 775. The molecule has 2 unspecified atom stereocenters. The van der Waals surface area contributed by atoms with Crippen LogP contribution in [0.3, 0.4) is 0 Å². The largest absolute Gasteiger partial charge is 0.353 e. The number of hydrogen-bond acceptors (Lipinski definition) is 2. The number of fused-ring (bicyclic) bond motifs is 1. The van der Waals surface area contributed by atoms with Crippen LogP contribution in [0.25, 0.3) is 11.0 Å². The molecule has 0 radical (unpaired) electrons. The Morgan fingerprint density at radius 1 is 1.17 bits per heavy atom. The van der Waals surface area contributed by atoms with Crippen LogP contribution in [-0.2, 0) is 17.9 Å². The Morgan fingerprint density at radius 3 is 2.50 bits per heavy atom. The summed E-state index contributed by atoms with van der Waals surface area (Å²) in [5.74, 6) is 0.599. The first kappa shape index (κ1) is 16.8. The smallest absolute Gasteiger partial charge is 0.329 e. The van der Waals surface area contributed by atoms with Crippen LogP contribution in [0.4, 0.5) is 0 Å². The fourth-order valence-electron chi connectivity index (χ4n) is 3.82. The lowest BCUT2D eigenvalue weighted by Crippen LogP contribution is -2.41. The zero-order valence-corrected chi connectivity index (χ0v) is 14.6. The molecule has 0 aliphatic heterocycles. The van der Waals surface area contributed by atoms with Crippen molar-refractivity contribution in [1.29, 1.82) is 0 Å². The molecule has 1 fully saturated rings. The fourth-order valence-corrected chi connectivity index (χ4v) is 3.82. The first-order valence-corrected chi connectivity index (χ1v) is 9.09. The summed E-state index contributed by atoms with van der Waals surface area (Å²) < 4.78 is 3.49. The van der Waals surface area contributed by atoms with Gasteiger partial charge in [0.2, 0.25) is 5.91 Å². The van der Waals surface area contributed by atoms with Crippen LogP contribution in [0, 0.1) is 5.92 Å². The molecule has 2 aromatic rings. The molecule has 1 saturated carbocycles. The van der Waals surface area contributed by atoms with E-state index in [1.54, 1.807) is 9.13 Å². The zero-order chi connectivity index (χ0) is 17.1. The molecule has 24 heavy (non-hydrogen) atoms. The van der Waals surface area contributed by atoms with E-state index in [1.165, 1.54) is 19.3 Å². The van der Waals surface area contributed by atoms with Crippen molar-refractivity contribution in [1.82, 2.24) is 14.5 Å². The van der Waals surface area contributed by atoms with Gasteiger partial charge in [0.1, 0.15) is 0 Å². The number of carbonyl (C=O) groups excluding carboxylic acids is 1. The number of nitrogens with one attached hydrogen (secondary N) is 1. The Hall–Kier alpha value is -2.04. The van der Waals surface area contributed by atoms with Gasteiger partial charge in [0.05, 0.1) is 11.0 Å². The van der Waals surface area contributed by atoms with E-state index >= 15 is 0 Å². The van der Waals surface area contributed by atoms with E-state index in [9.17, 15) is 9.59 Å². The predicted octanol–water partition coefficient (Wildman–Crippen LogP) is 2.91. The molecule has 0 saturated heterocycles. The summed E-state index contributed by atoms with van der Waals surface area (Å²) in [4.78, 5) is 24.9. The van der Waals surface area contributed by atoms with Crippen LogP contribution in [0.5, 0.6) is 0 Å². The van der Waals surface area contributed by atoms with Crippen molar-refractivity contribution >= 4 is 16.9 Å². The van der Waals surface area contributed by atoms with Gasteiger partial charge in [-0.15, -0.1) is 0 Å². The number of imidazole rings is 1. The minimum Gasteiger partial charge on any atom is -0.353 e. The van der Waals surface area contributed by atoms with Crippen LogP contribution in [0.2, 0.25) is 0 Å². The molecule has 3 rings (SSSR count). The van der Waals surface area contributed by atoms with E-state index in [-0.39, 0.29) is 11.6 Å². The normalized spacial score (nSPS) is 21.1. The highest BCUT2D eigenvalue weighted by Crippen LogP contribution is 2.23. The van der Waals surface area contributed by atoms with Gasteiger partial charge in [-0.25, -0.2) is 4.79 Å². The van der Waals surface area contributed by atoms with Gasteiger partial charge in [0, 0.05) is 25.6 Å². The molecule has 1 aliphatic rings. The Balaban J connectivity index is 1.70. The fraction of sp³-hybridized carbons (Fsp3) is 0.579. The number of hydrogen-bond donors (Lipinski definition) is 1. The van der Waals surface area contributed by atoms with E-state index in [0.29, 0.717) is 31.5 Å². The summed E-state index contributed by atoms with van der Waals surface area (Å²) >= 11 is 0. The summed E-state index contributed by atoms with van der Waals surface area (Å²) in [6.07, 6.45) is 5.06. The van der Waals surface area contributed by atoms with Crippen molar-refractivity contribution < 1.29 is 4.79 Å². The van der Waals surface area contributed by atoms with E-state index < -0.39 is 0 Å². The second kappa shape index (κ2) is 7.24. The third-order valence-electron chi connectivity index (χ3n) is 5.26. The first-order valence-electron chi connectivity index (χ1n) is 9.09. The summed E-state index contributed by atoms with van der Waals surface area (Å²) in [5, 5.41) is 3.17. The summed E-state index contributed by atoms with van der Waals surface area (Å²) in [6, 6.07) is 8.07. The lowest BCUT2D eigenvalue weighted by molar-refractivity contribution is -0.122. The highest BCUT2D eigenvalue weighted by Gasteiger charge is 2.22. The van der Waals surface area contributed by atoms with Crippen LogP contribution in [0.1, 0.15) is 46.0 Å². The molecule has 1 heterocycles. The highest BCUT2D eigenvalue weighted by molar-refractivity contribution is 5.78. The van der Waals surface area contributed by atoms with Crippen LogP contribution in [-0.4, -0.2) is 21.1 Å². The molecule has 1 aromatic carbocycles. The molecule has 1 aliphatic carbocycles. The number of amides is 1. The van der Waals surface area contributed by atoms with E-state index in [4.69, 9.17) is 0 Å². The maximum Gasteiger partial charge on any atom is 0.329 e. The van der Waals surface area contributed by atoms with Crippen molar-refractivity contribution in [2.75, 3.05) is 0 Å². The number of nitrogens with zero attached hydrogens (tertiary/aromatic N) is 2. The summed E-state index contributed by atoms with van der Waals surface area (Å²) in [6.45, 7) is 5.25. The lowest BCUT2D eigenvalue weighted by Gasteiger charge is -2.29. The molecule has 0 bridgehead atoms. The SMILES string of the molecule is CCn1c(=O)n(CCC(=O)NC2CCCCC2C)c2ccccc21. The number of aryl methyl sites for hydroxylation is 2. The minimum absolute atomic E-state index is 0.0301. The van der Waals surface area contributed by atoms with Gasteiger partial charge in [-0.3, -0.25) is 13.9 Å². The number of rotatable bonds is 5. The molecule has 2 atom stereocenters. The van der Waals surface area contributed by atoms with E-state index in [0.717, 1.165) is 17.5 Å². The van der Waals surface area contributed by atoms with E-state index in [2.05, 4.69) is 12.2 Å². The Labute approximate surface area is 142 Å². The second-order valence-electron chi connectivity index (χ2n) is 6.85. The maximum absolute atomic E-state index is 12.6. The molecule has 1 N–H and O–H groups in total. The number of benzene rings is 1. The number of aromatic nitrogens is 2. The topological polar surface area (TPSA) is 56.0 Å². The van der Waals surface area contributed by atoms with Gasteiger partial charge < -0.3 is 5.32 Å². The van der Waals surface area contributed by atoms with Crippen molar-refractivity contribution in [3.63, 3.8) is 0 Å². The Morgan fingerprint density at radius 2 is 1.83 bits per heavy atom. The molecule has 1 amide bonds. The van der Waals surface area contributed by atoms with Crippen LogP contribution >= 0.6 is 0 Å². The van der Waals surface area contributed by atoms with Crippen molar-refractivity contribution in [2.45, 2.75) is 65.1 Å². The third-order valence-corrected chi connectivity index (χ3v) is 5.26. The molecular formula is C19H27N3O2. The molecule has 0 spiro atoms. The third kappa shape index (κ3) is 3.25. The van der Waals surface area contributed by atoms with Gasteiger partial charge in [-0.05, 0) is 37.8 Å². The quantitative estimate of drug-likeness (QED) is 0.917. The van der Waals surface area contributed by atoms with E-state index in [1.807, 2.05) is 31.2 Å². The average Bonchev–Trinajstić information content (AvgIpc) is 2.86. The van der Waals surface area contributed by atoms with Crippen LogP contribution in [0.15, 0.2) is 29.1 Å². The Kier molecular flexibility index (Phi) is 5.07. The molecule has 5 heteroatoms. The molecular weight excluding hydrogens is 302 g/mol.